The van der Waals surface area contributed by atoms with Gasteiger partial charge in [-0.25, -0.2) is 0 Å². The van der Waals surface area contributed by atoms with Gasteiger partial charge >= 0.3 is 0 Å². The lowest BCUT2D eigenvalue weighted by atomic mass is 10.2. The standard InChI is InChI=1S/C23H19Cl5N6S/c1-12-21(13(2)34(31-12)9-14-6-7-18(26)19(27)8-14)29-23(35)30-22-20(28)11-33(32-22)10-15-16(24)4-3-5-17(15)25/h3-8,11H,9-10H2,1-2H3,(H2,29,30,32,35). The van der Waals surface area contributed by atoms with Crippen LogP contribution in [0.4, 0.5) is 11.5 Å². The van der Waals surface area contributed by atoms with Crippen LogP contribution < -0.4 is 10.6 Å². The largest absolute Gasteiger partial charge is 0.329 e. The van der Waals surface area contributed by atoms with E-state index in [4.69, 9.17) is 70.2 Å². The van der Waals surface area contributed by atoms with Gasteiger partial charge in [0, 0.05) is 21.8 Å². The van der Waals surface area contributed by atoms with Gasteiger partial charge in [0.2, 0.25) is 0 Å². The summed E-state index contributed by atoms with van der Waals surface area (Å²) in [7, 11) is 0. The number of hydrogen-bond acceptors (Lipinski definition) is 3. The normalized spacial score (nSPS) is 11.1. The predicted molar refractivity (Wildman–Crippen MR) is 150 cm³/mol. The Hall–Kier alpha value is -2.00. The number of nitrogens with one attached hydrogen (secondary N) is 2. The van der Waals surface area contributed by atoms with Crippen molar-refractivity contribution in [2.24, 2.45) is 0 Å². The summed E-state index contributed by atoms with van der Waals surface area (Å²) < 4.78 is 3.51. The second kappa shape index (κ2) is 10.9. The third-order valence-corrected chi connectivity index (χ3v) is 7.20. The summed E-state index contributed by atoms with van der Waals surface area (Å²) >= 11 is 36.6. The van der Waals surface area contributed by atoms with Gasteiger partial charge < -0.3 is 10.6 Å². The van der Waals surface area contributed by atoms with Gasteiger partial charge in [-0.15, -0.1) is 0 Å². The Balaban J connectivity index is 1.46. The molecule has 2 N–H and O–H groups in total. The van der Waals surface area contributed by atoms with Crippen molar-refractivity contribution in [2.45, 2.75) is 26.9 Å². The number of halogens is 5. The fourth-order valence-corrected chi connectivity index (χ4v) is 4.74. The summed E-state index contributed by atoms with van der Waals surface area (Å²) in [6.07, 6.45) is 1.68. The molecular weight excluding hydrogens is 570 g/mol. The van der Waals surface area contributed by atoms with E-state index in [0.717, 1.165) is 28.2 Å². The third kappa shape index (κ3) is 6.05. The van der Waals surface area contributed by atoms with E-state index >= 15 is 0 Å². The van der Waals surface area contributed by atoms with Crippen LogP contribution in [0.15, 0.2) is 42.6 Å². The number of hydrogen-bond donors (Lipinski definition) is 2. The zero-order chi connectivity index (χ0) is 25.3. The first kappa shape index (κ1) is 26.1. The van der Waals surface area contributed by atoms with Gasteiger partial charge in [-0.3, -0.25) is 9.36 Å². The van der Waals surface area contributed by atoms with Gasteiger partial charge in [0.25, 0.3) is 0 Å². The first-order chi connectivity index (χ1) is 16.6. The molecule has 0 bridgehead atoms. The van der Waals surface area contributed by atoms with Crippen LogP contribution in [0.3, 0.4) is 0 Å². The lowest BCUT2D eigenvalue weighted by molar-refractivity contribution is 0.659. The van der Waals surface area contributed by atoms with Crippen LogP contribution in [-0.2, 0) is 13.1 Å². The van der Waals surface area contributed by atoms with Crippen LogP contribution in [0.25, 0.3) is 0 Å². The molecule has 0 aliphatic heterocycles. The summed E-state index contributed by atoms with van der Waals surface area (Å²) in [5.74, 6) is 0.408. The molecule has 0 unspecified atom stereocenters. The highest BCUT2D eigenvalue weighted by Gasteiger charge is 2.16. The van der Waals surface area contributed by atoms with E-state index in [9.17, 15) is 0 Å². The Kier molecular flexibility index (Phi) is 8.16. The summed E-state index contributed by atoms with van der Waals surface area (Å²) in [5, 5.41) is 18.2. The van der Waals surface area contributed by atoms with E-state index in [0.29, 0.717) is 49.1 Å². The van der Waals surface area contributed by atoms with Crippen molar-refractivity contribution in [2.75, 3.05) is 10.6 Å². The third-order valence-electron chi connectivity index (χ3n) is 5.27. The molecule has 182 valence electrons. The van der Waals surface area contributed by atoms with E-state index < -0.39 is 0 Å². The van der Waals surface area contributed by atoms with E-state index in [-0.39, 0.29) is 0 Å². The molecule has 0 spiro atoms. The van der Waals surface area contributed by atoms with Gasteiger partial charge in [-0.2, -0.15) is 10.2 Å². The molecule has 2 aromatic heterocycles. The van der Waals surface area contributed by atoms with E-state index in [1.807, 2.05) is 30.7 Å². The summed E-state index contributed by atoms with van der Waals surface area (Å²) in [6.45, 7) is 4.75. The highest BCUT2D eigenvalue weighted by atomic mass is 35.5. The summed E-state index contributed by atoms with van der Waals surface area (Å²) in [6, 6.07) is 10.9. The molecular formula is C23H19Cl5N6S. The second-order valence-corrected chi connectivity index (χ2v) is 10.2. The predicted octanol–water partition coefficient (Wildman–Crippen LogP) is 7.87. The molecule has 0 aliphatic rings. The molecule has 2 heterocycles. The minimum Gasteiger partial charge on any atom is -0.329 e. The van der Waals surface area contributed by atoms with Crippen molar-refractivity contribution in [3.8, 4) is 0 Å². The Morgan fingerprint density at radius 3 is 2.26 bits per heavy atom. The number of rotatable bonds is 6. The lowest BCUT2D eigenvalue weighted by Gasteiger charge is -2.10. The zero-order valence-electron chi connectivity index (χ0n) is 18.5. The molecule has 6 nitrogen and oxygen atoms in total. The van der Waals surface area contributed by atoms with Crippen LogP contribution in [0.2, 0.25) is 25.1 Å². The first-order valence-corrected chi connectivity index (χ1v) is 12.6. The Bertz CT molecular complexity index is 1390. The maximum absolute atomic E-state index is 6.38. The molecule has 4 rings (SSSR count). The van der Waals surface area contributed by atoms with Crippen LogP contribution in [0.5, 0.6) is 0 Å². The van der Waals surface area contributed by atoms with Crippen molar-refractivity contribution in [3.05, 3.63) is 90.2 Å². The van der Waals surface area contributed by atoms with Gasteiger partial charge in [0.15, 0.2) is 10.9 Å². The molecule has 0 aliphatic carbocycles. The van der Waals surface area contributed by atoms with E-state index in [1.54, 1.807) is 35.1 Å². The quantitative estimate of drug-likeness (QED) is 0.225. The van der Waals surface area contributed by atoms with Gasteiger partial charge in [-0.05, 0) is 55.9 Å². The molecule has 0 fully saturated rings. The van der Waals surface area contributed by atoms with Crippen LogP contribution in [-0.4, -0.2) is 24.7 Å². The molecule has 0 atom stereocenters. The van der Waals surface area contributed by atoms with Crippen LogP contribution in [0, 0.1) is 13.8 Å². The smallest absolute Gasteiger partial charge is 0.176 e. The minimum atomic E-state index is 0.327. The average Bonchev–Trinajstić information content (AvgIpc) is 3.26. The number of thiocarbonyl (C=S) groups is 1. The average molecular weight is 589 g/mol. The number of aromatic nitrogens is 4. The fraction of sp³-hybridized carbons (Fsp3) is 0.174. The van der Waals surface area contributed by atoms with Crippen LogP contribution in [0.1, 0.15) is 22.5 Å². The lowest BCUT2D eigenvalue weighted by Crippen LogP contribution is -2.20. The first-order valence-electron chi connectivity index (χ1n) is 10.3. The molecule has 4 aromatic rings. The molecule has 0 saturated carbocycles. The molecule has 2 aromatic carbocycles. The maximum Gasteiger partial charge on any atom is 0.176 e. The monoisotopic (exact) mass is 586 g/mol. The Morgan fingerprint density at radius 1 is 0.857 bits per heavy atom. The highest BCUT2D eigenvalue weighted by Crippen LogP contribution is 2.28. The molecule has 0 amide bonds. The van der Waals surface area contributed by atoms with E-state index in [2.05, 4.69) is 20.8 Å². The highest BCUT2D eigenvalue weighted by molar-refractivity contribution is 7.80. The van der Waals surface area contributed by atoms with Gasteiger partial charge in [0.1, 0.15) is 5.02 Å². The number of anilines is 2. The second-order valence-electron chi connectivity index (χ2n) is 7.75. The molecule has 0 radical (unpaired) electrons. The van der Waals surface area contributed by atoms with Gasteiger partial charge in [0.05, 0.1) is 40.2 Å². The van der Waals surface area contributed by atoms with E-state index in [1.165, 1.54) is 0 Å². The maximum atomic E-state index is 6.38. The fourth-order valence-electron chi connectivity index (χ4n) is 3.50. The minimum absolute atomic E-state index is 0.327. The van der Waals surface area contributed by atoms with Crippen molar-refractivity contribution in [3.63, 3.8) is 0 Å². The number of benzene rings is 2. The molecule has 0 saturated heterocycles. The Labute approximate surface area is 233 Å². The molecule has 35 heavy (non-hydrogen) atoms. The van der Waals surface area contributed by atoms with Crippen molar-refractivity contribution in [1.29, 1.82) is 0 Å². The number of nitrogens with zero attached hydrogens (tertiary/aromatic N) is 4. The molecule has 12 heteroatoms. The number of aryl methyl sites for hydroxylation is 1. The summed E-state index contributed by atoms with van der Waals surface area (Å²) in [4.78, 5) is 0. The topological polar surface area (TPSA) is 59.7 Å². The van der Waals surface area contributed by atoms with Gasteiger partial charge in [-0.1, -0.05) is 70.1 Å². The van der Waals surface area contributed by atoms with Crippen molar-refractivity contribution >= 4 is 86.8 Å². The SMILES string of the molecule is Cc1nn(Cc2ccc(Cl)c(Cl)c2)c(C)c1NC(=S)Nc1nn(Cc2c(Cl)cccc2Cl)cc1Cl. The zero-order valence-corrected chi connectivity index (χ0v) is 23.1. The van der Waals surface area contributed by atoms with Crippen LogP contribution >= 0.6 is 70.2 Å². The van der Waals surface area contributed by atoms with Crippen molar-refractivity contribution < 1.29 is 0 Å². The summed E-state index contributed by atoms with van der Waals surface area (Å²) in [5.41, 5.74) is 4.22. The Morgan fingerprint density at radius 2 is 1.57 bits per heavy atom. The van der Waals surface area contributed by atoms with Crippen molar-refractivity contribution in [1.82, 2.24) is 19.6 Å².